The summed E-state index contributed by atoms with van der Waals surface area (Å²) in [5, 5.41) is 3.00. The van der Waals surface area contributed by atoms with Gasteiger partial charge in [-0.2, -0.15) is 4.98 Å². The van der Waals surface area contributed by atoms with Crippen LogP contribution < -0.4 is 19.5 Å². The van der Waals surface area contributed by atoms with Crippen LogP contribution in [-0.2, 0) is 4.79 Å². The smallest absolute Gasteiger partial charge is 0.260 e. The molecule has 9 nitrogen and oxygen atoms in total. The van der Waals surface area contributed by atoms with E-state index in [-0.39, 0.29) is 41.9 Å². The standard InChI is InChI=1S/C21H24N4O5/c1-28-18-8-7-16(20(24-18)29-2)21(27)25-12-15(30-14-4-3-9-22-11-14)10-17(25)19(26)23-13-5-6-13/h3-4,7-9,11,13,15,17H,5-6,10,12H2,1-2H3,(H,23,26)/t15-,17-/m0/s1. The van der Waals surface area contributed by atoms with Gasteiger partial charge in [-0.25, -0.2) is 0 Å². The monoisotopic (exact) mass is 412 g/mol. The highest BCUT2D eigenvalue weighted by molar-refractivity contribution is 5.99. The van der Waals surface area contributed by atoms with Crippen molar-refractivity contribution in [3.63, 3.8) is 0 Å². The first-order chi connectivity index (χ1) is 14.6. The zero-order valence-corrected chi connectivity index (χ0v) is 16.9. The molecule has 158 valence electrons. The van der Waals surface area contributed by atoms with Crippen molar-refractivity contribution in [3.05, 3.63) is 42.2 Å². The van der Waals surface area contributed by atoms with E-state index >= 15 is 0 Å². The first-order valence-electron chi connectivity index (χ1n) is 9.86. The van der Waals surface area contributed by atoms with Crippen molar-refractivity contribution in [1.29, 1.82) is 0 Å². The van der Waals surface area contributed by atoms with Gasteiger partial charge in [-0.05, 0) is 31.0 Å². The van der Waals surface area contributed by atoms with Gasteiger partial charge in [-0.3, -0.25) is 14.6 Å². The lowest BCUT2D eigenvalue weighted by Crippen LogP contribution is -2.46. The number of ether oxygens (including phenoxy) is 3. The Morgan fingerprint density at radius 3 is 2.67 bits per heavy atom. The molecule has 2 amide bonds. The van der Waals surface area contributed by atoms with Crippen molar-refractivity contribution in [1.82, 2.24) is 20.2 Å². The third kappa shape index (κ3) is 4.29. The van der Waals surface area contributed by atoms with Crippen LogP contribution in [0, 0.1) is 0 Å². The van der Waals surface area contributed by atoms with Crippen LogP contribution in [0.1, 0.15) is 29.6 Å². The molecule has 2 aromatic heterocycles. The Morgan fingerprint density at radius 1 is 1.17 bits per heavy atom. The van der Waals surface area contributed by atoms with Crippen LogP contribution >= 0.6 is 0 Å². The van der Waals surface area contributed by atoms with Gasteiger partial charge in [0.1, 0.15) is 23.5 Å². The molecule has 2 fully saturated rings. The summed E-state index contributed by atoms with van der Waals surface area (Å²) in [5.41, 5.74) is 0.268. The van der Waals surface area contributed by atoms with Gasteiger partial charge >= 0.3 is 0 Å². The summed E-state index contributed by atoms with van der Waals surface area (Å²) in [6.07, 6.45) is 5.28. The second-order valence-corrected chi connectivity index (χ2v) is 7.33. The van der Waals surface area contributed by atoms with E-state index < -0.39 is 6.04 Å². The molecule has 9 heteroatoms. The van der Waals surface area contributed by atoms with Crippen molar-refractivity contribution < 1.29 is 23.8 Å². The predicted molar refractivity (Wildman–Crippen MR) is 107 cm³/mol. The molecule has 0 aromatic carbocycles. The van der Waals surface area contributed by atoms with Crippen LogP contribution in [0.5, 0.6) is 17.5 Å². The number of methoxy groups -OCH3 is 2. The van der Waals surface area contributed by atoms with Gasteiger partial charge in [0.2, 0.25) is 17.7 Å². The number of likely N-dealkylation sites (tertiary alicyclic amines) is 1. The third-order valence-corrected chi connectivity index (χ3v) is 5.15. The zero-order chi connectivity index (χ0) is 21.1. The maximum absolute atomic E-state index is 13.4. The highest BCUT2D eigenvalue weighted by Gasteiger charge is 2.43. The van der Waals surface area contributed by atoms with E-state index in [1.165, 1.54) is 19.1 Å². The molecule has 0 bridgehead atoms. The molecule has 30 heavy (non-hydrogen) atoms. The number of carbonyl (C=O) groups excluding carboxylic acids is 2. The molecule has 2 aliphatic rings. The SMILES string of the molecule is COc1ccc(C(=O)N2C[C@@H](Oc3cccnc3)C[C@H]2C(=O)NC2CC2)c(OC)n1. The van der Waals surface area contributed by atoms with Crippen LogP contribution in [0.2, 0.25) is 0 Å². The third-order valence-electron chi connectivity index (χ3n) is 5.15. The van der Waals surface area contributed by atoms with Crippen LogP contribution in [0.3, 0.4) is 0 Å². The van der Waals surface area contributed by atoms with E-state index in [2.05, 4.69) is 15.3 Å². The minimum Gasteiger partial charge on any atom is -0.487 e. The lowest BCUT2D eigenvalue weighted by Gasteiger charge is -2.24. The van der Waals surface area contributed by atoms with Crippen LogP contribution in [0.4, 0.5) is 0 Å². The lowest BCUT2D eigenvalue weighted by molar-refractivity contribution is -0.125. The Kier molecular flexibility index (Phi) is 5.69. The van der Waals surface area contributed by atoms with E-state index in [1.54, 1.807) is 36.7 Å². The Morgan fingerprint density at radius 2 is 2.00 bits per heavy atom. The molecule has 2 atom stereocenters. The molecular formula is C21H24N4O5. The average molecular weight is 412 g/mol. The summed E-state index contributed by atoms with van der Waals surface area (Å²) in [7, 11) is 2.93. The molecule has 2 aromatic rings. The van der Waals surface area contributed by atoms with Crippen molar-refractivity contribution in [2.24, 2.45) is 0 Å². The van der Waals surface area contributed by atoms with E-state index in [0.29, 0.717) is 18.1 Å². The number of rotatable bonds is 7. The molecule has 1 N–H and O–H groups in total. The van der Waals surface area contributed by atoms with E-state index in [4.69, 9.17) is 14.2 Å². The summed E-state index contributed by atoms with van der Waals surface area (Å²) in [4.78, 5) is 36.0. The molecule has 4 rings (SSSR count). The fraction of sp³-hybridized carbons (Fsp3) is 0.429. The van der Waals surface area contributed by atoms with Crippen molar-refractivity contribution in [3.8, 4) is 17.5 Å². The number of amides is 2. The van der Waals surface area contributed by atoms with Crippen molar-refractivity contribution in [2.75, 3.05) is 20.8 Å². The topological polar surface area (TPSA) is 103 Å². The van der Waals surface area contributed by atoms with Crippen LogP contribution in [0.15, 0.2) is 36.7 Å². The number of pyridine rings is 2. The second kappa shape index (κ2) is 8.56. The van der Waals surface area contributed by atoms with Crippen LogP contribution in [-0.4, -0.2) is 65.6 Å². The zero-order valence-electron chi connectivity index (χ0n) is 16.9. The van der Waals surface area contributed by atoms with Crippen molar-refractivity contribution >= 4 is 11.8 Å². The number of aromatic nitrogens is 2. The molecule has 1 aliphatic heterocycles. The van der Waals surface area contributed by atoms with Gasteiger partial charge in [0.05, 0.1) is 27.0 Å². The first kappa shape index (κ1) is 19.9. The molecule has 0 spiro atoms. The maximum Gasteiger partial charge on any atom is 0.260 e. The second-order valence-electron chi connectivity index (χ2n) is 7.33. The fourth-order valence-electron chi connectivity index (χ4n) is 3.50. The average Bonchev–Trinajstić information content (AvgIpc) is 3.49. The summed E-state index contributed by atoms with van der Waals surface area (Å²) < 4.78 is 16.4. The van der Waals surface area contributed by atoms with Gasteiger partial charge in [-0.1, -0.05) is 0 Å². The Balaban J connectivity index is 1.57. The number of nitrogens with zero attached hydrogens (tertiary/aromatic N) is 3. The van der Waals surface area contributed by atoms with Gasteiger partial charge in [0.25, 0.3) is 5.91 Å². The largest absolute Gasteiger partial charge is 0.487 e. The summed E-state index contributed by atoms with van der Waals surface area (Å²) in [6.45, 7) is 0.270. The van der Waals surface area contributed by atoms with Crippen LogP contribution in [0.25, 0.3) is 0 Å². The first-order valence-corrected chi connectivity index (χ1v) is 9.86. The highest BCUT2D eigenvalue weighted by Crippen LogP contribution is 2.29. The highest BCUT2D eigenvalue weighted by atomic mass is 16.5. The summed E-state index contributed by atoms with van der Waals surface area (Å²) >= 11 is 0. The van der Waals surface area contributed by atoms with Gasteiger partial charge in [-0.15, -0.1) is 0 Å². The summed E-state index contributed by atoms with van der Waals surface area (Å²) in [5.74, 6) is 0.587. The van der Waals surface area contributed by atoms with E-state index in [1.807, 2.05) is 0 Å². The minimum absolute atomic E-state index is 0.150. The van der Waals surface area contributed by atoms with Crippen molar-refractivity contribution in [2.45, 2.75) is 37.5 Å². The fourth-order valence-corrected chi connectivity index (χ4v) is 3.50. The minimum atomic E-state index is -0.633. The molecule has 3 heterocycles. The number of hydrogen-bond donors (Lipinski definition) is 1. The van der Waals surface area contributed by atoms with E-state index in [9.17, 15) is 9.59 Å². The van der Waals surface area contributed by atoms with E-state index in [0.717, 1.165) is 12.8 Å². The van der Waals surface area contributed by atoms with Gasteiger partial charge < -0.3 is 24.4 Å². The Labute approximate surface area is 174 Å². The maximum atomic E-state index is 13.4. The number of nitrogens with one attached hydrogen (secondary N) is 1. The van der Waals surface area contributed by atoms with Gasteiger partial charge in [0.15, 0.2) is 0 Å². The molecule has 1 saturated heterocycles. The molecule has 1 aliphatic carbocycles. The molecule has 0 unspecified atom stereocenters. The molecule has 1 saturated carbocycles. The quantitative estimate of drug-likeness (QED) is 0.734. The number of carbonyl (C=O) groups is 2. The van der Waals surface area contributed by atoms with Gasteiger partial charge in [0, 0.05) is 24.7 Å². The Hall–Kier alpha value is -3.36. The number of hydrogen-bond acceptors (Lipinski definition) is 7. The Bertz CT molecular complexity index is 919. The molecule has 0 radical (unpaired) electrons. The normalized spacial score (nSPS) is 20.5. The lowest BCUT2D eigenvalue weighted by atomic mass is 10.1. The summed E-state index contributed by atoms with van der Waals surface area (Å²) in [6, 6.07) is 6.33. The predicted octanol–water partition coefficient (Wildman–Crippen LogP) is 1.43. The molecular weight excluding hydrogens is 388 g/mol.